The van der Waals surface area contributed by atoms with Crippen LogP contribution in [0.15, 0.2) is 17.1 Å². The van der Waals surface area contributed by atoms with E-state index < -0.39 is 0 Å². The Morgan fingerprint density at radius 1 is 1.56 bits per heavy atom. The molecule has 7 heteroatoms. The second-order valence-corrected chi connectivity index (χ2v) is 3.48. The van der Waals surface area contributed by atoms with Gasteiger partial charge in [-0.05, 0) is 13.1 Å². The number of carbonyl (C=O) groups is 1. The summed E-state index contributed by atoms with van der Waals surface area (Å²) in [7, 11) is 3.25. The lowest BCUT2D eigenvalue weighted by Gasteiger charge is -2.06. The standard InChI is InChI=1S/C9H12ClN3O2.ClH/c1-11-4-8(14)12-6-3-7(10)9(15)13(2)5-6;/h3,5,11H,4H2,1-2H3,(H,12,14);1H. The molecule has 0 aliphatic carbocycles. The van der Waals surface area contributed by atoms with Crippen molar-refractivity contribution in [1.29, 1.82) is 0 Å². The van der Waals surface area contributed by atoms with Gasteiger partial charge in [0.15, 0.2) is 0 Å². The minimum absolute atomic E-state index is 0. The Morgan fingerprint density at radius 3 is 2.69 bits per heavy atom. The maximum absolute atomic E-state index is 11.2. The van der Waals surface area contributed by atoms with Gasteiger partial charge in [-0.15, -0.1) is 12.4 Å². The summed E-state index contributed by atoms with van der Waals surface area (Å²) in [6.45, 7) is 0.209. The summed E-state index contributed by atoms with van der Waals surface area (Å²) in [5.41, 5.74) is 0.214. The monoisotopic (exact) mass is 265 g/mol. The summed E-state index contributed by atoms with van der Waals surface area (Å²) in [6.07, 6.45) is 1.52. The first-order valence-electron chi connectivity index (χ1n) is 4.35. The highest BCUT2D eigenvalue weighted by Gasteiger charge is 2.04. The second kappa shape index (κ2) is 6.52. The zero-order chi connectivity index (χ0) is 11.4. The molecule has 0 aliphatic rings. The fourth-order valence-electron chi connectivity index (χ4n) is 1.11. The summed E-state index contributed by atoms with van der Waals surface area (Å²) in [5.74, 6) is -0.188. The molecule has 0 aromatic carbocycles. The molecule has 0 atom stereocenters. The molecule has 1 heterocycles. The van der Waals surface area contributed by atoms with Crippen molar-refractivity contribution in [2.75, 3.05) is 18.9 Å². The van der Waals surface area contributed by atoms with Gasteiger partial charge >= 0.3 is 0 Å². The minimum Gasteiger partial charge on any atom is -0.324 e. The van der Waals surface area contributed by atoms with Gasteiger partial charge in [0.05, 0.1) is 12.2 Å². The number of anilines is 1. The molecule has 0 radical (unpaired) electrons. The van der Waals surface area contributed by atoms with E-state index in [0.29, 0.717) is 5.69 Å². The Morgan fingerprint density at radius 2 is 2.19 bits per heavy atom. The van der Waals surface area contributed by atoms with E-state index in [-0.39, 0.29) is 35.4 Å². The number of hydrogen-bond donors (Lipinski definition) is 2. The van der Waals surface area contributed by atoms with Gasteiger partial charge in [-0.3, -0.25) is 9.59 Å². The number of carbonyl (C=O) groups excluding carboxylic acids is 1. The summed E-state index contributed by atoms with van der Waals surface area (Å²) >= 11 is 5.68. The van der Waals surface area contributed by atoms with Crippen LogP contribution in [0, 0.1) is 0 Å². The van der Waals surface area contributed by atoms with Gasteiger partial charge in [-0.1, -0.05) is 11.6 Å². The Labute approximate surface area is 104 Å². The molecule has 0 unspecified atom stereocenters. The molecule has 0 fully saturated rings. The molecule has 1 aromatic rings. The molecule has 0 spiro atoms. The van der Waals surface area contributed by atoms with Crippen molar-refractivity contribution in [3.05, 3.63) is 27.6 Å². The van der Waals surface area contributed by atoms with Crippen LogP contribution in [0.1, 0.15) is 0 Å². The molecule has 0 aliphatic heterocycles. The number of aryl methyl sites for hydroxylation is 1. The van der Waals surface area contributed by atoms with Crippen molar-refractivity contribution >= 4 is 35.6 Å². The van der Waals surface area contributed by atoms with Gasteiger partial charge in [0, 0.05) is 13.2 Å². The van der Waals surface area contributed by atoms with Crippen LogP contribution in [-0.2, 0) is 11.8 Å². The molecule has 1 amide bonds. The van der Waals surface area contributed by atoms with Crippen molar-refractivity contribution in [2.24, 2.45) is 7.05 Å². The number of likely N-dealkylation sites (N-methyl/N-ethyl adjacent to an activating group) is 1. The predicted octanol–water partition coefficient (Wildman–Crippen LogP) is 0.618. The molecule has 1 aromatic heterocycles. The quantitative estimate of drug-likeness (QED) is 0.843. The van der Waals surface area contributed by atoms with Crippen molar-refractivity contribution in [2.45, 2.75) is 0 Å². The number of nitrogens with one attached hydrogen (secondary N) is 2. The van der Waals surface area contributed by atoms with Crippen LogP contribution in [0.2, 0.25) is 5.02 Å². The van der Waals surface area contributed by atoms with E-state index in [0.717, 1.165) is 0 Å². The second-order valence-electron chi connectivity index (χ2n) is 3.07. The third-order valence-electron chi connectivity index (χ3n) is 1.76. The van der Waals surface area contributed by atoms with Crippen LogP contribution in [0.25, 0.3) is 0 Å². The number of rotatable bonds is 3. The van der Waals surface area contributed by atoms with E-state index in [1.807, 2.05) is 0 Å². The van der Waals surface area contributed by atoms with Crippen LogP contribution in [-0.4, -0.2) is 24.1 Å². The maximum atomic E-state index is 11.2. The number of hydrogen-bond acceptors (Lipinski definition) is 3. The Hall–Kier alpha value is -1.04. The van der Waals surface area contributed by atoms with Crippen LogP contribution in [0.3, 0.4) is 0 Å². The molecular weight excluding hydrogens is 253 g/mol. The van der Waals surface area contributed by atoms with E-state index in [1.165, 1.54) is 16.8 Å². The topological polar surface area (TPSA) is 63.1 Å². The van der Waals surface area contributed by atoms with E-state index in [9.17, 15) is 9.59 Å². The fraction of sp³-hybridized carbons (Fsp3) is 0.333. The summed E-state index contributed by atoms with van der Waals surface area (Å²) < 4.78 is 1.32. The third kappa shape index (κ3) is 3.84. The maximum Gasteiger partial charge on any atom is 0.269 e. The molecule has 0 saturated carbocycles. The zero-order valence-electron chi connectivity index (χ0n) is 8.91. The van der Waals surface area contributed by atoms with Crippen LogP contribution in [0.5, 0.6) is 0 Å². The molecular formula is C9H13Cl2N3O2. The normalized spacial score (nSPS) is 9.44. The SMILES string of the molecule is CNCC(=O)Nc1cc(Cl)c(=O)n(C)c1.Cl. The number of amides is 1. The number of pyridine rings is 1. The highest BCUT2D eigenvalue weighted by atomic mass is 35.5. The van der Waals surface area contributed by atoms with Gasteiger partial charge in [-0.25, -0.2) is 0 Å². The van der Waals surface area contributed by atoms with Crippen molar-refractivity contribution in [3.63, 3.8) is 0 Å². The first-order chi connectivity index (χ1) is 7.04. The van der Waals surface area contributed by atoms with Gasteiger partial charge in [0.25, 0.3) is 5.56 Å². The Balaban J connectivity index is 0.00000225. The average Bonchev–Trinajstić information content (AvgIpc) is 2.14. The first-order valence-corrected chi connectivity index (χ1v) is 4.73. The minimum atomic E-state index is -0.289. The number of halogens is 2. The van der Waals surface area contributed by atoms with Gasteiger partial charge in [0.2, 0.25) is 5.91 Å². The third-order valence-corrected chi connectivity index (χ3v) is 2.03. The zero-order valence-corrected chi connectivity index (χ0v) is 10.5. The summed E-state index contributed by atoms with van der Waals surface area (Å²) in [5, 5.41) is 5.40. The molecule has 2 N–H and O–H groups in total. The van der Waals surface area contributed by atoms with Crippen molar-refractivity contribution in [1.82, 2.24) is 9.88 Å². The lowest BCUT2D eigenvalue weighted by Crippen LogP contribution is -2.26. The summed E-state index contributed by atoms with van der Waals surface area (Å²) in [6, 6.07) is 1.43. The van der Waals surface area contributed by atoms with E-state index in [2.05, 4.69) is 10.6 Å². The summed E-state index contributed by atoms with van der Waals surface area (Å²) in [4.78, 5) is 22.5. The average molecular weight is 266 g/mol. The molecule has 0 saturated heterocycles. The Kier molecular flexibility index (Phi) is 6.10. The van der Waals surface area contributed by atoms with Gasteiger partial charge in [0.1, 0.15) is 5.02 Å². The van der Waals surface area contributed by atoms with Gasteiger partial charge < -0.3 is 15.2 Å². The molecule has 16 heavy (non-hydrogen) atoms. The highest BCUT2D eigenvalue weighted by Crippen LogP contribution is 2.10. The number of nitrogens with zero attached hydrogens (tertiary/aromatic N) is 1. The lowest BCUT2D eigenvalue weighted by molar-refractivity contribution is -0.115. The Bertz CT molecular complexity index is 405. The van der Waals surface area contributed by atoms with E-state index in [1.54, 1.807) is 14.1 Å². The molecule has 0 bridgehead atoms. The van der Waals surface area contributed by atoms with Crippen molar-refractivity contribution in [3.8, 4) is 0 Å². The predicted molar refractivity (Wildman–Crippen MR) is 66.5 cm³/mol. The number of aromatic nitrogens is 1. The van der Waals surface area contributed by atoms with Gasteiger partial charge in [-0.2, -0.15) is 0 Å². The van der Waals surface area contributed by atoms with E-state index >= 15 is 0 Å². The molecule has 1 rings (SSSR count). The van der Waals surface area contributed by atoms with Crippen molar-refractivity contribution < 1.29 is 4.79 Å². The largest absolute Gasteiger partial charge is 0.324 e. The smallest absolute Gasteiger partial charge is 0.269 e. The van der Waals surface area contributed by atoms with Crippen LogP contribution < -0.4 is 16.2 Å². The highest BCUT2D eigenvalue weighted by molar-refractivity contribution is 6.30. The lowest BCUT2D eigenvalue weighted by atomic mass is 10.4. The molecule has 5 nitrogen and oxygen atoms in total. The van der Waals surface area contributed by atoms with Crippen LogP contribution in [0.4, 0.5) is 5.69 Å². The van der Waals surface area contributed by atoms with E-state index in [4.69, 9.17) is 11.6 Å². The van der Waals surface area contributed by atoms with Crippen LogP contribution >= 0.6 is 24.0 Å². The molecule has 90 valence electrons. The first kappa shape index (κ1) is 15.0. The fourth-order valence-corrected chi connectivity index (χ4v) is 1.36.